The number of amides is 2. The molecule has 0 spiro atoms. The van der Waals surface area contributed by atoms with Gasteiger partial charge in [-0.2, -0.15) is 0 Å². The number of rotatable bonds is 12. The van der Waals surface area contributed by atoms with Gasteiger partial charge in [0.2, 0.25) is 21.8 Å². The summed E-state index contributed by atoms with van der Waals surface area (Å²) in [7, 11) is -3.86. The number of hydrogen-bond donors (Lipinski definition) is 1. The first-order valence-corrected chi connectivity index (χ1v) is 15.6. The summed E-state index contributed by atoms with van der Waals surface area (Å²) in [6.07, 6.45) is 1.84. The van der Waals surface area contributed by atoms with E-state index in [4.69, 9.17) is 23.2 Å². The molecule has 0 bridgehead atoms. The highest BCUT2D eigenvalue weighted by Crippen LogP contribution is 2.28. The van der Waals surface area contributed by atoms with Crippen LogP contribution in [0.25, 0.3) is 0 Å². The standard InChI is InChI=1S/C30H35Cl2N3O4S/c1-5-23-14-9-10-17-27(23)35(40(4,38)39)20-29(36)34(19-24-25(31)15-11-16-26(24)32)28(30(37)33-21(2)3)18-22-12-7-6-8-13-22/h6-17,21,28H,5,18-20H2,1-4H3,(H,33,37). The van der Waals surface area contributed by atoms with Gasteiger partial charge in [0.15, 0.2) is 0 Å². The Hall–Kier alpha value is -3.07. The van der Waals surface area contributed by atoms with Crippen LogP contribution >= 0.6 is 23.2 Å². The van der Waals surface area contributed by atoms with Gasteiger partial charge in [-0.05, 0) is 49.6 Å². The Kier molecular flexibility index (Phi) is 11.0. The first kappa shape index (κ1) is 31.5. The fraction of sp³-hybridized carbons (Fsp3) is 0.333. The van der Waals surface area contributed by atoms with Crippen LogP contribution in [0.4, 0.5) is 5.69 Å². The second-order valence-electron chi connectivity index (χ2n) is 9.84. The van der Waals surface area contributed by atoms with Crippen LogP contribution < -0.4 is 9.62 Å². The second-order valence-corrected chi connectivity index (χ2v) is 12.6. The van der Waals surface area contributed by atoms with Crippen molar-refractivity contribution in [2.45, 2.75) is 52.2 Å². The van der Waals surface area contributed by atoms with E-state index >= 15 is 0 Å². The summed E-state index contributed by atoms with van der Waals surface area (Å²) >= 11 is 13.0. The molecule has 3 rings (SSSR count). The molecule has 0 radical (unpaired) electrons. The Morgan fingerprint density at radius 2 is 1.50 bits per heavy atom. The molecule has 1 unspecified atom stereocenters. The summed E-state index contributed by atoms with van der Waals surface area (Å²) in [6, 6.07) is 20.3. The van der Waals surface area contributed by atoms with Crippen molar-refractivity contribution in [1.82, 2.24) is 10.2 Å². The number of anilines is 1. The molecule has 2 amide bonds. The molecule has 0 saturated carbocycles. The molecule has 40 heavy (non-hydrogen) atoms. The lowest BCUT2D eigenvalue weighted by Crippen LogP contribution is -2.54. The maximum Gasteiger partial charge on any atom is 0.244 e. The Balaban J connectivity index is 2.12. The van der Waals surface area contributed by atoms with Gasteiger partial charge in [-0.1, -0.05) is 84.7 Å². The SMILES string of the molecule is CCc1ccccc1N(CC(=O)N(Cc1c(Cl)cccc1Cl)C(Cc1ccccc1)C(=O)NC(C)C)S(C)(=O)=O. The van der Waals surface area contributed by atoms with E-state index < -0.39 is 28.5 Å². The number of halogens is 2. The van der Waals surface area contributed by atoms with E-state index in [1.54, 1.807) is 30.3 Å². The Labute approximate surface area is 247 Å². The molecule has 0 aliphatic carbocycles. The first-order chi connectivity index (χ1) is 18.9. The van der Waals surface area contributed by atoms with E-state index in [9.17, 15) is 18.0 Å². The molecule has 0 aliphatic heterocycles. The molecular weight excluding hydrogens is 569 g/mol. The number of nitrogens with one attached hydrogen (secondary N) is 1. The van der Waals surface area contributed by atoms with E-state index in [1.807, 2.05) is 63.2 Å². The van der Waals surface area contributed by atoms with Crippen LogP contribution in [0.2, 0.25) is 10.0 Å². The summed E-state index contributed by atoms with van der Waals surface area (Å²) in [5.41, 5.74) is 2.50. The van der Waals surface area contributed by atoms with Gasteiger partial charge >= 0.3 is 0 Å². The fourth-order valence-corrected chi connectivity index (χ4v) is 5.83. The van der Waals surface area contributed by atoms with Gasteiger partial charge < -0.3 is 10.2 Å². The normalized spacial score (nSPS) is 12.2. The van der Waals surface area contributed by atoms with Crippen LogP contribution in [0, 0.1) is 0 Å². The minimum absolute atomic E-state index is 0.0899. The van der Waals surface area contributed by atoms with E-state index in [2.05, 4.69) is 5.32 Å². The highest BCUT2D eigenvalue weighted by Gasteiger charge is 2.34. The fourth-order valence-electron chi connectivity index (χ4n) is 4.44. The summed E-state index contributed by atoms with van der Waals surface area (Å²) in [6.45, 7) is 4.99. The average Bonchev–Trinajstić information content (AvgIpc) is 2.90. The van der Waals surface area contributed by atoms with Crippen LogP contribution in [-0.4, -0.2) is 50.0 Å². The van der Waals surface area contributed by atoms with Crippen molar-refractivity contribution in [3.05, 3.63) is 99.5 Å². The largest absolute Gasteiger partial charge is 0.352 e. The summed E-state index contributed by atoms with van der Waals surface area (Å²) in [4.78, 5) is 29.2. The smallest absolute Gasteiger partial charge is 0.244 e. The number of aryl methyl sites for hydroxylation is 1. The minimum atomic E-state index is -3.86. The van der Waals surface area contributed by atoms with Crippen molar-refractivity contribution in [3.63, 3.8) is 0 Å². The van der Waals surface area contributed by atoms with Gasteiger partial charge in [-0.25, -0.2) is 8.42 Å². The van der Waals surface area contributed by atoms with Gasteiger partial charge in [0.1, 0.15) is 12.6 Å². The van der Waals surface area contributed by atoms with Crippen molar-refractivity contribution in [2.75, 3.05) is 17.1 Å². The number of hydrogen-bond acceptors (Lipinski definition) is 4. The van der Waals surface area contributed by atoms with Crippen LogP contribution in [0.1, 0.15) is 37.5 Å². The maximum atomic E-state index is 14.2. The summed E-state index contributed by atoms with van der Waals surface area (Å²) in [5.74, 6) is -0.928. The van der Waals surface area contributed by atoms with Crippen LogP contribution in [-0.2, 0) is 39.0 Å². The molecule has 0 aromatic heterocycles. The number of carbonyl (C=O) groups excluding carboxylic acids is 2. The minimum Gasteiger partial charge on any atom is -0.352 e. The Morgan fingerprint density at radius 3 is 2.08 bits per heavy atom. The third-order valence-corrected chi connectivity index (χ3v) is 8.25. The molecule has 3 aromatic carbocycles. The molecule has 0 fully saturated rings. The number of nitrogens with zero attached hydrogens (tertiary/aromatic N) is 2. The quantitative estimate of drug-likeness (QED) is 0.297. The Morgan fingerprint density at radius 1 is 0.900 bits per heavy atom. The van der Waals surface area contributed by atoms with Crippen molar-refractivity contribution in [2.24, 2.45) is 0 Å². The van der Waals surface area contributed by atoms with Crippen molar-refractivity contribution in [3.8, 4) is 0 Å². The lowest BCUT2D eigenvalue weighted by molar-refractivity contribution is -0.140. The molecule has 0 saturated heterocycles. The lowest BCUT2D eigenvalue weighted by Gasteiger charge is -2.34. The predicted molar refractivity (Wildman–Crippen MR) is 162 cm³/mol. The number of sulfonamides is 1. The third kappa shape index (κ3) is 8.22. The van der Waals surface area contributed by atoms with Crippen molar-refractivity contribution < 1.29 is 18.0 Å². The zero-order valence-electron chi connectivity index (χ0n) is 23.1. The van der Waals surface area contributed by atoms with Crippen LogP contribution in [0.5, 0.6) is 0 Å². The van der Waals surface area contributed by atoms with Gasteiger partial charge in [0, 0.05) is 34.6 Å². The monoisotopic (exact) mass is 603 g/mol. The highest BCUT2D eigenvalue weighted by atomic mass is 35.5. The third-order valence-electron chi connectivity index (χ3n) is 6.41. The summed E-state index contributed by atoms with van der Waals surface area (Å²) in [5, 5.41) is 3.59. The molecule has 10 heteroatoms. The predicted octanol–water partition coefficient (Wildman–Crippen LogP) is 5.49. The molecule has 0 heterocycles. The van der Waals surface area contributed by atoms with E-state index in [-0.39, 0.29) is 24.9 Å². The zero-order chi connectivity index (χ0) is 29.4. The molecular formula is C30H35Cl2N3O4S. The zero-order valence-corrected chi connectivity index (χ0v) is 25.4. The molecule has 3 aromatic rings. The van der Waals surface area contributed by atoms with Gasteiger partial charge in [0.05, 0.1) is 11.9 Å². The van der Waals surface area contributed by atoms with E-state index in [1.165, 1.54) is 4.90 Å². The van der Waals surface area contributed by atoms with Gasteiger partial charge in [-0.15, -0.1) is 0 Å². The number of para-hydroxylation sites is 1. The van der Waals surface area contributed by atoms with E-state index in [0.717, 1.165) is 21.7 Å². The van der Waals surface area contributed by atoms with Gasteiger partial charge in [-0.3, -0.25) is 13.9 Å². The lowest BCUT2D eigenvalue weighted by atomic mass is 10.0. The molecule has 214 valence electrons. The number of benzene rings is 3. The van der Waals surface area contributed by atoms with Crippen molar-refractivity contribution >= 4 is 50.7 Å². The summed E-state index contributed by atoms with van der Waals surface area (Å²) < 4.78 is 27.1. The topological polar surface area (TPSA) is 86.8 Å². The first-order valence-electron chi connectivity index (χ1n) is 13.0. The Bertz CT molecular complexity index is 1410. The van der Waals surface area contributed by atoms with Crippen molar-refractivity contribution in [1.29, 1.82) is 0 Å². The second kappa shape index (κ2) is 14.0. The average molecular weight is 605 g/mol. The van der Waals surface area contributed by atoms with Crippen LogP contribution in [0.15, 0.2) is 72.8 Å². The van der Waals surface area contributed by atoms with Crippen LogP contribution in [0.3, 0.4) is 0 Å². The molecule has 1 atom stereocenters. The van der Waals surface area contributed by atoms with E-state index in [0.29, 0.717) is 27.7 Å². The molecule has 1 N–H and O–H groups in total. The van der Waals surface area contributed by atoms with Gasteiger partial charge in [0.25, 0.3) is 0 Å². The highest BCUT2D eigenvalue weighted by molar-refractivity contribution is 7.92. The maximum absolute atomic E-state index is 14.2. The number of carbonyl (C=O) groups is 2. The molecule has 7 nitrogen and oxygen atoms in total. The molecule has 0 aliphatic rings.